The molecule has 2 fully saturated rings. The molecule has 2 saturated heterocycles. The Kier molecular flexibility index (Phi) is 6.23. The highest BCUT2D eigenvalue weighted by molar-refractivity contribution is 7.99. The highest BCUT2D eigenvalue weighted by Crippen LogP contribution is 2.25. The van der Waals surface area contributed by atoms with Crippen molar-refractivity contribution < 1.29 is 14.4 Å². The van der Waals surface area contributed by atoms with Gasteiger partial charge < -0.3 is 15.1 Å². The standard InChI is InChI=1S/C23H22N4O3S/c24-12-16-6-8-19(9-7-16)25-22(29)20-14-31-15-27(20)23(30)18-4-1-3-17(11-18)13-26-10-2-5-21(26)28/h1,3-4,6-9,11,20H,2,5,10,13-15H2,(H,25,29). The zero-order valence-corrected chi connectivity index (χ0v) is 17.7. The third-order valence-corrected chi connectivity index (χ3v) is 6.46. The minimum atomic E-state index is -0.572. The lowest BCUT2D eigenvalue weighted by Gasteiger charge is -2.23. The zero-order valence-electron chi connectivity index (χ0n) is 16.9. The molecule has 0 saturated carbocycles. The maximum absolute atomic E-state index is 13.2. The highest BCUT2D eigenvalue weighted by Gasteiger charge is 2.35. The van der Waals surface area contributed by atoms with E-state index >= 15 is 0 Å². The van der Waals surface area contributed by atoms with E-state index in [1.54, 1.807) is 35.2 Å². The summed E-state index contributed by atoms with van der Waals surface area (Å²) in [5, 5.41) is 11.7. The van der Waals surface area contributed by atoms with Crippen LogP contribution in [-0.4, -0.2) is 51.7 Å². The maximum atomic E-state index is 13.2. The Morgan fingerprint density at radius 1 is 1.19 bits per heavy atom. The molecule has 2 aromatic carbocycles. The molecular weight excluding hydrogens is 412 g/mol. The summed E-state index contributed by atoms with van der Waals surface area (Å²) >= 11 is 1.54. The lowest BCUT2D eigenvalue weighted by Crippen LogP contribution is -2.44. The minimum Gasteiger partial charge on any atom is -0.338 e. The Balaban J connectivity index is 1.44. The third-order valence-electron chi connectivity index (χ3n) is 5.45. The number of benzene rings is 2. The lowest BCUT2D eigenvalue weighted by molar-refractivity contribution is -0.128. The number of nitrogens with one attached hydrogen (secondary N) is 1. The fourth-order valence-electron chi connectivity index (χ4n) is 3.77. The maximum Gasteiger partial charge on any atom is 0.255 e. The molecule has 2 aromatic rings. The van der Waals surface area contributed by atoms with Gasteiger partial charge in [-0.15, -0.1) is 11.8 Å². The van der Waals surface area contributed by atoms with Gasteiger partial charge >= 0.3 is 0 Å². The van der Waals surface area contributed by atoms with Crippen molar-refractivity contribution in [2.24, 2.45) is 0 Å². The number of carbonyl (C=O) groups is 3. The fourth-order valence-corrected chi connectivity index (χ4v) is 4.93. The number of carbonyl (C=O) groups excluding carboxylic acids is 3. The molecule has 2 aliphatic rings. The summed E-state index contributed by atoms with van der Waals surface area (Å²) in [5.74, 6) is 0.670. The van der Waals surface area contributed by atoms with Crippen molar-refractivity contribution in [3.05, 3.63) is 65.2 Å². The first-order valence-electron chi connectivity index (χ1n) is 10.1. The van der Waals surface area contributed by atoms with Crippen molar-refractivity contribution in [2.45, 2.75) is 25.4 Å². The number of rotatable bonds is 5. The van der Waals surface area contributed by atoms with Gasteiger partial charge in [0.25, 0.3) is 5.91 Å². The first-order valence-corrected chi connectivity index (χ1v) is 11.3. The topological polar surface area (TPSA) is 93.5 Å². The van der Waals surface area contributed by atoms with E-state index in [1.807, 2.05) is 29.2 Å². The van der Waals surface area contributed by atoms with Crippen molar-refractivity contribution in [2.75, 3.05) is 23.5 Å². The van der Waals surface area contributed by atoms with Crippen LogP contribution in [0.3, 0.4) is 0 Å². The quantitative estimate of drug-likeness (QED) is 0.781. The van der Waals surface area contributed by atoms with Gasteiger partial charge in [0.15, 0.2) is 0 Å². The Morgan fingerprint density at radius 3 is 2.71 bits per heavy atom. The summed E-state index contributed by atoms with van der Waals surface area (Å²) in [6.07, 6.45) is 1.46. The molecule has 1 atom stereocenters. The second-order valence-corrected chi connectivity index (χ2v) is 8.59. The summed E-state index contributed by atoms with van der Waals surface area (Å²) in [6, 6.07) is 15.4. The van der Waals surface area contributed by atoms with Crippen molar-refractivity contribution in [3.8, 4) is 6.07 Å². The predicted molar refractivity (Wildman–Crippen MR) is 118 cm³/mol. The smallest absolute Gasteiger partial charge is 0.255 e. The van der Waals surface area contributed by atoms with Gasteiger partial charge in [-0.1, -0.05) is 12.1 Å². The summed E-state index contributed by atoms with van der Waals surface area (Å²) in [7, 11) is 0. The zero-order chi connectivity index (χ0) is 21.8. The van der Waals surface area contributed by atoms with E-state index in [1.165, 1.54) is 11.8 Å². The van der Waals surface area contributed by atoms with Crippen LogP contribution in [0.2, 0.25) is 0 Å². The largest absolute Gasteiger partial charge is 0.338 e. The van der Waals surface area contributed by atoms with Crippen LogP contribution in [-0.2, 0) is 16.1 Å². The number of anilines is 1. The number of nitrogens with zero attached hydrogens (tertiary/aromatic N) is 3. The fraction of sp³-hybridized carbons (Fsp3) is 0.304. The second-order valence-electron chi connectivity index (χ2n) is 7.59. The van der Waals surface area contributed by atoms with Crippen LogP contribution in [0.25, 0.3) is 0 Å². The molecule has 1 N–H and O–H groups in total. The van der Waals surface area contributed by atoms with E-state index in [2.05, 4.69) is 5.32 Å². The summed E-state index contributed by atoms with van der Waals surface area (Å²) in [4.78, 5) is 41.3. The molecule has 0 aromatic heterocycles. The molecule has 0 bridgehead atoms. The van der Waals surface area contributed by atoms with E-state index in [0.29, 0.717) is 41.4 Å². The molecule has 0 radical (unpaired) electrons. The van der Waals surface area contributed by atoms with Crippen molar-refractivity contribution in [1.29, 1.82) is 5.26 Å². The number of amides is 3. The molecule has 3 amide bonds. The van der Waals surface area contributed by atoms with Crippen molar-refractivity contribution in [1.82, 2.24) is 9.80 Å². The predicted octanol–water partition coefficient (Wildman–Crippen LogP) is 2.83. The monoisotopic (exact) mass is 434 g/mol. The number of hydrogen-bond donors (Lipinski definition) is 1. The minimum absolute atomic E-state index is 0.146. The summed E-state index contributed by atoms with van der Waals surface area (Å²) < 4.78 is 0. The van der Waals surface area contributed by atoms with Crippen LogP contribution in [0.1, 0.15) is 34.3 Å². The van der Waals surface area contributed by atoms with Crippen molar-refractivity contribution >= 4 is 35.2 Å². The Hall–Kier alpha value is -3.31. The molecule has 31 heavy (non-hydrogen) atoms. The third kappa shape index (κ3) is 4.72. The summed E-state index contributed by atoms with van der Waals surface area (Å²) in [6.45, 7) is 1.24. The SMILES string of the molecule is N#Cc1ccc(NC(=O)C2CSCN2C(=O)c2cccc(CN3CCCC3=O)c2)cc1. The molecule has 0 spiro atoms. The van der Waals surface area contributed by atoms with Crippen LogP contribution in [0.15, 0.2) is 48.5 Å². The van der Waals surface area contributed by atoms with Gasteiger partial charge in [0.2, 0.25) is 11.8 Å². The first-order chi connectivity index (χ1) is 15.0. The second kappa shape index (κ2) is 9.23. The highest BCUT2D eigenvalue weighted by atomic mass is 32.2. The Morgan fingerprint density at radius 2 is 2.00 bits per heavy atom. The number of hydrogen-bond acceptors (Lipinski definition) is 5. The van der Waals surface area contributed by atoms with Crippen molar-refractivity contribution in [3.63, 3.8) is 0 Å². The van der Waals surface area contributed by atoms with Gasteiger partial charge in [-0.05, 0) is 48.4 Å². The van der Waals surface area contributed by atoms with Gasteiger partial charge in [0.1, 0.15) is 6.04 Å². The molecule has 2 heterocycles. The van der Waals surface area contributed by atoms with Gasteiger partial charge in [0, 0.05) is 36.5 Å². The Labute approximate surface area is 185 Å². The van der Waals surface area contributed by atoms with Crippen LogP contribution in [0, 0.1) is 11.3 Å². The van der Waals surface area contributed by atoms with E-state index in [0.717, 1.165) is 18.5 Å². The van der Waals surface area contributed by atoms with E-state index in [9.17, 15) is 14.4 Å². The lowest BCUT2D eigenvalue weighted by atomic mass is 10.1. The van der Waals surface area contributed by atoms with E-state index in [-0.39, 0.29) is 17.7 Å². The van der Waals surface area contributed by atoms with Gasteiger partial charge in [0.05, 0.1) is 17.5 Å². The van der Waals surface area contributed by atoms with Crippen LogP contribution >= 0.6 is 11.8 Å². The summed E-state index contributed by atoms with van der Waals surface area (Å²) in [5.41, 5.74) is 2.53. The molecule has 2 aliphatic heterocycles. The molecule has 7 nitrogen and oxygen atoms in total. The molecular formula is C23H22N4O3S. The van der Waals surface area contributed by atoms with Gasteiger partial charge in [-0.25, -0.2) is 0 Å². The molecule has 158 valence electrons. The average Bonchev–Trinajstić information content (AvgIpc) is 3.43. The number of thioether (sulfide) groups is 1. The van der Waals surface area contributed by atoms with E-state index in [4.69, 9.17) is 5.26 Å². The normalized spacial score (nSPS) is 18.2. The van der Waals surface area contributed by atoms with Crippen LogP contribution in [0.4, 0.5) is 5.69 Å². The van der Waals surface area contributed by atoms with Gasteiger partial charge in [-0.2, -0.15) is 5.26 Å². The molecule has 4 rings (SSSR count). The first kappa shape index (κ1) is 20.9. The van der Waals surface area contributed by atoms with Crippen LogP contribution < -0.4 is 5.32 Å². The van der Waals surface area contributed by atoms with E-state index < -0.39 is 6.04 Å². The molecule has 8 heteroatoms. The number of likely N-dealkylation sites (tertiary alicyclic amines) is 1. The molecule has 0 aliphatic carbocycles. The molecule has 1 unspecified atom stereocenters. The van der Waals surface area contributed by atoms with Gasteiger partial charge in [-0.3, -0.25) is 14.4 Å². The van der Waals surface area contributed by atoms with Crippen LogP contribution in [0.5, 0.6) is 0 Å². The number of nitriles is 1. The Bertz CT molecular complexity index is 1050. The average molecular weight is 435 g/mol.